The molecule has 6 heteroatoms. The van der Waals surface area contributed by atoms with Gasteiger partial charge in [-0.15, -0.1) is 0 Å². The number of aromatic nitrogens is 2. The minimum absolute atomic E-state index is 0.182. The van der Waals surface area contributed by atoms with E-state index in [1.54, 1.807) is 6.92 Å². The van der Waals surface area contributed by atoms with Crippen LogP contribution in [0.4, 0.5) is 5.82 Å². The highest BCUT2D eigenvalue weighted by Crippen LogP contribution is 2.15. The Hall–Kier alpha value is -1.36. The molecule has 0 aromatic carbocycles. The van der Waals surface area contributed by atoms with Crippen LogP contribution < -0.4 is 5.32 Å². The summed E-state index contributed by atoms with van der Waals surface area (Å²) in [7, 11) is 0. The predicted octanol–water partition coefficient (Wildman–Crippen LogP) is 1.89. The van der Waals surface area contributed by atoms with Gasteiger partial charge in [0.1, 0.15) is 17.2 Å². The molecule has 0 aliphatic heterocycles. The molecular formula is C10H14ClN3O2. The van der Waals surface area contributed by atoms with Crippen molar-refractivity contribution in [1.82, 2.24) is 9.97 Å². The Bertz CT molecular complexity index is 347. The van der Waals surface area contributed by atoms with Crippen molar-refractivity contribution in [2.75, 3.05) is 18.5 Å². The van der Waals surface area contributed by atoms with E-state index in [9.17, 15) is 4.79 Å². The van der Waals surface area contributed by atoms with Gasteiger partial charge in [-0.2, -0.15) is 0 Å². The van der Waals surface area contributed by atoms with Gasteiger partial charge in [0.25, 0.3) is 0 Å². The van der Waals surface area contributed by atoms with Crippen LogP contribution in [-0.2, 0) is 9.53 Å². The zero-order valence-electron chi connectivity index (χ0n) is 9.07. The van der Waals surface area contributed by atoms with Crippen LogP contribution in [0.3, 0.4) is 0 Å². The Morgan fingerprint density at radius 3 is 3.12 bits per heavy atom. The fourth-order valence-electron chi connectivity index (χ4n) is 1.12. The van der Waals surface area contributed by atoms with Gasteiger partial charge < -0.3 is 10.1 Å². The summed E-state index contributed by atoms with van der Waals surface area (Å²) >= 11 is 5.84. The third kappa shape index (κ3) is 4.44. The van der Waals surface area contributed by atoms with Crippen LogP contribution >= 0.6 is 11.6 Å². The van der Waals surface area contributed by atoms with E-state index in [1.807, 2.05) is 0 Å². The van der Waals surface area contributed by atoms with Crippen LogP contribution in [0.15, 0.2) is 12.5 Å². The van der Waals surface area contributed by atoms with E-state index in [-0.39, 0.29) is 5.97 Å². The highest BCUT2D eigenvalue weighted by atomic mass is 35.5. The fraction of sp³-hybridized carbons (Fsp3) is 0.500. The van der Waals surface area contributed by atoms with Crippen molar-refractivity contribution >= 4 is 23.4 Å². The standard InChI is InChI=1S/C10H14ClN3O2/c1-2-16-9(15)4-3-5-13-10-8(11)6-12-7-14-10/h6-7H,2-5H2,1H3,(H,12,13,14). The summed E-state index contributed by atoms with van der Waals surface area (Å²) in [5, 5.41) is 3.49. The lowest BCUT2D eigenvalue weighted by Crippen LogP contribution is -2.09. The smallest absolute Gasteiger partial charge is 0.305 e. The van der Waals surface area contributed by atoms with Crippen LogP contribution in [0.25, 0.3) is 0 Å². The number of esters is 1. The van der Waals surface area contributed by atoms with Crippen LogP contribution in [0.1, 0.15) is 19.8 Å². The van der Waals surface area contributed by atoms with E-state index in [2.05, 4.69) is 15.3 Å². The maximum Gasteiger partial charge on any atom is 0.305 e. The molecule has 0 saturated carbocycles. The fourth-order valence-corrected chi connectivity index (χ4v) is 1.29. The van der Waals surface area contributed by atoms with E-state index in [0.29, 0.717) is 36.8 Å². The van der Waals surface area contributed by atoms with Gasteiger partial charge in [-0.05, 0) is 13.3 Å². The molecule has 5 nitrogen and oxygen atoms in total. The highest BCUT2D eigenvalue weighted by molar-refractivity contribution is 6.32. The minimum atomic E-state index is -0.182. The summed E-state index contributed by atoms with van der Waals surface area (Å²) in [6.07, 6.45) is 4.00. The van der Waals surface area contributed by atoms with Gasteiger partial charge in [0.2, 0.25) is 0 Å². The normalized spacial score (nSPS) is 9.88. The summed E-state index contributed by atoms with van der Waals surface area (Å²) in [5.74, 6) is 0.401. The number of rotatable bonds is 6. The van der Waals surface area contributed by atoms with Crippen molar-refractivity contribution in [1.29, 1.82) is 0 Å². The summed E-state index contributed by atoms with van der Waals surface area (Å²) < 4.78 is 4.80. The van der Waals surface area contributed by atoms with Crippen molar-refractivity contribution in [2.45, 2.75) is 19.8 Å². The maximum absolute atomic E-state index is 11.0. The molecule has 1 aromatic heterocycles. The molecule has 16 heavy (non-hydrogen) atoms. The lowest BCUT2D eigenvalue weighted by atomic mass is 10.3. The minimum Gasteiger partial charge on any atom is -0.466 e. The number of hydrogen-bond acceptors (Lipinski definition) is 5. The predicted molar refractivity (Wildman–Crippen MR) is 61.4 cm³/mol. The van der Waals surface area contributed by atoms with E-state index >= 15 is 0 Å². The molecule has 1 aromatic rings. The Labute approximate surface area is 99.2 Å². The molecule has 0 unspecified atom stereocenters. The van der Waals surface area contributed by atoms with Crippen molar-refractivity contribution in [3.8, 4) is 0 Å². The van der Waals surface area contributed by atoms with Crippen molar-refractivity contribution in [3.05, 3.63) is 17.5 Å². The largest absolute Gasteiger partial charge is 0.466 e. The van der Waals surface area contributed by atoms with Gasteiger partial charge in [-0.3, -0.25) is 4.79 Å². The average Bonchev–Trinajstić information content (AvgIpc) is 2.27. The van der Waals surface area contributed by atoms with E-state index < -0.39 is 0 Å². The van der Waals surface area contributed by atoms with Crippen LogP contribution in [0.2, 0.25) is 5.02 Å². The molecule has 0 aliphatic rings. The van der Waals surface area contributed by atoms with Gasteiger partial charge in [-0.1, -0.05) is 11.6 Å². The molecule has 1 rings (SSSR count). The van der Waals surface area contributed by atoms with Crippen LogP contribution in [-0.4, -0.2) is 29.1 Å². The molecule has 0 fully saturated rings. The number of nitrogens with one attached hydrogen (secondary N) is 1. The van der Waals surface area contributed by atoms with Crippen LogP contribution in [0, 0.1) is 0 Å². The molecule has 0 radical (unpaired) electrons. The average molecular weight is 244 g/mol. The summed E-state index contributed by atoms with van der Waals surface area (Å²) in [4.78, 5) is 18.7. The lowest BCUT2D eigenvalue weighted by molar-refractivity contribution is -0.143. The molecule has 0 saturated heterocycles. The topological polar surface area (TPSA) is 64.1 Å². The van der Waals surface area contributed by atoms with Crippen molar-refractivity contribution in [3.63, 3.8) is 0 Å². The maximum atomic E-state index is 11.0. The summed E-state index contributed by atoms with van der Waals surface area (Å²) in [6, 6.07) is 0. The molecule has 0 bridgehead atoms. The Morgan fingerprint density at radius 1 is 1.62 bits per heavy atom. The van der Waals surface area contributed by atoms with E-state index in [0.717, 1.165) is 0 Å². The van der Waals surface area contributed by atoms with Gasteiger partial charge in [0.15, 0.2) is 0 Å². The first-order chi connectivity index (χ1) is 7.74. The Morgan fingerprint density at radius 2 is 2.44 bits per heavy atom. The zero-order valence-corrected chi connectivity index (χ0v) is 9.83. The highest BCUT2D eigenvalue weighted by Gasteiger charge is 2.02. The SMILES string of the molecule is CCOC(=O)CCCNc1ncncc1Cl. The number of hydrogen-bond donors (Lipinski definition) is 1. The van der Waals surface area contributed by atoms with Gasteiger partial charge in [0, 0.05) is 13.0 Å². The van der Waals surface area contributed by atoms with Crippen molar-refractivity contribution < 1.29 is 9.53 Å². The first-order valence-electron chi connectivity index (χ1n) is 5.09. The second-order valence-corrected chi connectivity index (χ2v) is 3.46. The second kappa shape index (κ2) is 7.00. The quantitative estimate of drug-likeness (QED) is 0.611. The number of nitrogens with zero attached hydrogens (tertiary/aromatic N) is 2. The van der Waals surface area contributed by atoms with Crippen LogP contribution in [0.5, 0.6) is 0 Å². The summed E-state index contributed by atoms with van der Waals surface area (Å²) in [5.41, 5.74) is 0. The molecule has 1 heterocycles. The molecule has 0 amide bonds. The first-order valence-corrected chi connectivity index (χ1v) is 5.46. The first kappa shape index (κ1) is 12.7. The Balaban J connectivity index is 2.21. The number of ether oxygens (including phenoxy) is 1. The number of carbonyl (C=O) groups is 1. The molecule has 88 valence electrons. The molecule has 1 N–H and O–H groups in total. The van der Waals surface area contributed by atoms with Crippen molar-refractivity contribution in [2.24, 2.45) is 0 Å². The van der Waals surface area contributed by atoms with Gasteiger partial charge in [0.05, 0.1) is 12.8 Å². The zero-order chi connectivity index (χ0) is 11.8. The van der Waals surface area contributed by atoms with E-state index in [1.165, 1.54) is 12.5 Å². The molecule has 0 atom stereocenters. The number of halogens is 1. The monoisotopic (exact) mass is 243 g/mol. The third-order valence-electron chi connectivity index (χ3n) is 1.82. The molecule has 0 aliphatic carbocycles. The third-order valence-corrected chi connectivity index (χ3v) is 2.10. The summed E-state index contributed by atoms with van der Waals surface area (Å²) in [6.45, 7) is 2.83. The molecule has 0 spiro atoms. The lowest BCUT2D eigenvalue weighted by Gasteiger charge is -2.06. The Kier molecular flexibility index (Phi) is 5.56. The van der Waals surface area contributed by atoms with Gasteiger partial charge >= 0.3 is 5.97 Å². The van der Waals surface area contributed by atoms with E-state index in [4.69, 9.17) is 16.3 Å². The number of carbonyl (C=O) groups excluding carboxylic acids is 1. The number of anilines is 1. The second-order valence-electron chi connectivity index (χ2n) is 3.05. The molecular weight excluding hydrogens is 230 g/mol. The van der Waals surface area contributed by atoms with Gasteiger partial charge in [-0.25, -0.2) is 9.97 Å².